The van der Waals surface area contributed by atoms with Gasteiger partial charge in [-0.1, -0.05) is 31.4 Å². The molecule has 1 fully saturated rings. The molecular formula is C29H30BrFN2O2S. The van der Waals surface area contributed by atoms with E-state index in [4.69, 9.17) is 9.73 Å². The number of aliphatic imine (C=N–C) groups is 1. The lowest BCUT2D eigenvalue weighted by atomic mass is 9.93. The molecule has 3 aromatic rings. The van der Waals surface area contributed by atoms with E-state index in [-0.39, 0.29) is 17.8 Å². The van der Waals surface area contributed by atoms with Crippen LogP contribution in [0.25, 0.3) is 0 Å². The van der Waals surface area contributed by atoms with Crippen LogP contribution in [0.3, 0.4) is 0 Å². The van der Waals surface area contributed by atoms with Gasteiger partial charge in [-0.25, -0.2) is 9.38 Å². The normalized spacial score (nSPS) is 16.2. The maximum absolute atomic E-state index is 13.4. The van der Waals surface area contributed by atoms with Gasteiger partial charge in [0.2, 0.25) is 0 Å². The number of hydrogen-bond donors (Lipinski definition) is 1. The average molecular weight is 570 g/mol. The first kappa shape index (κ1) is 25.2. The fraction of sp³-hybridized carbons (Fsp3) is 0.379. The second-order valence-corrected chi connectivity index (χ2v) is 11.5. The molecule has 1 saturated carbocycles. The fourth-order valence-corrected chi connectivity index (χ4v) is 6.71. The van der Waals surface area contributed by atoms with Crippen molar-refractivity contribution < 1.29 is 13.9 Å². The van der Waals surface area contributed by atoms with Gasteiger partial charge >= 0.3 is 0 Å². The second kappa shape index (κ2) is 11.7. The monoisotopic (exact) mass is 568 g/mol. The van der Waals surface area contributed by atoms with Crippen molar-refractivity contribution in [1.29, 1.82) is 0 Å². The van der Waals surface area contributed by atoms with E-state index in [9.17, 15) is 9.18 Å². The molecule has 1 heterocycles. The molecule has 0 unspecified atom stereocenters. The Bertz CT molecular complexity index is 1250. The highest BCUT2D eigenvalue weighted by Crippen LogP contribution is 2.40. The molecule has 1 aromatic heterocycles. The number of fused-ring (bicyclic) bond motifs is 1. The highest BCUT2D eigenvalue weighted by atomic mass is 79.9. The molecule has 1 amide bonds. The van der Waals surface area contributed by atoms with E-state index in [2.05, 4.69) is 21.2 Å². The van der Waals surface area contributed by atoms with E-state index < -0.39 is 0 Å². The molecule has 0 spiro atoms. The van der Waals surface area contributed by atoms with Crippen molar-refractivity contribution in [1.82, 2.24) is 5.32 Å². The number of benzene rings is 2. The van der Waals surface area contributed by atoms with Crippen LogP contribution in [0.4, 0.5) is 9.39 Å². The van der Waals surface area contributed by atoms with Gasteiger partial charge in [-0.15, -0.1) is 11.3 Å². The molecule has 0 atom stereocenters. The second-order valence-electron chi connectivity index (χ2n) is 9.56. The zero-order valence-corrected chi connectivity index (χ0v) is 22.6. The standard InChI is InChI=1S/C29H30BrFN2O2S/c30-24-16-20(12-15-25(24)35-18-19-10-13-21(31)14-11-19)17-32-29-27(23-8-4-5-9-26(23)36-29)28(34)33-22-6-2-1-3-7-22/h10-17,22H,1-9,18H2,(H,33,34). The lowest BCUT2D eigenvalue weighted by Gasteiger charge is -2.23. The molecule has 0 radical (unpaired) electrons. The highest BCUT2D eigenvalue weighted by Gasteiger charge is 2.27. The Hall–Kier alpha value is -2.51. The smallest absolute Gasteiger partial charge is 0.254 e. The molecule has 0 bridgehead atoms. The lowest BCUT2D eigenvalue weighted by molar-refractivity contribution is 0.0927. The number of halogens is 2. The molecule has 4 nitrogen and oxygen atoms in total. The van der Waals surface area contributed by atoms with Gasteiger partial charge in [-0.2, -0.15) is 0 Å². The Kier molecular flexibility index (Phi) is 8.17. The first-order valence-electron chi connectivity index (χ1n) is 12.7. The van der Waals surface area contributed by atoms with Gasteiger partial charge in [0.05, 0.1) is 10.0 Å². The SMILES string of the molecule is O=C(NC1CCCCC1)c1c(N=Cc2ccc(OCc3ccc(F)cc3)c(Br)c2)sc2c1CCCC2. The van der Waals surface area contributed by atoms with Crippen molar-refractivity contribution in [3.63, 3.8) is 0 Å². The van der Waals surface area contributed by atoms with Crippen LogP contribution in [-0.2, 0) is 19.4 Å². The third kappa shape index (κ3) is 6.06. The Labute approximate surface area is 224 Å². The van der Waals surface area contributed by atoms with E-state index in [0.29, 0.717) is 12.4 Å². The summed E-state index contributed by atoms with van der Waals surface area (Å²) in [6, 6.07) is 12.4. The molecule has 7 heteroatoms. The van der Waals surface area contributed by atoms with Crippen molar-refractivity contribution in [2.75, 3.05) is 0 Å². The van der Waals surface area contributed by atoms with Crippen molar-refractivity contribution in [2.45, 2.75) is 70.4 Å². The molecule has 188 valence electrons. The Morgan fingerprint density at radius 1 is 1.08 bits per heavy atom. The summed E-state index contributed by atoms with van der Waals surface area (Å²) in [7, 11) is 0. The largest absolute Gasteiger partial charge is 0.488 e. The number of amides is 1. The minimum Gasteiger partial charge on any atom is -0.488 e. The van der Waals surface area contributed by atoms with Crippen LogP contribution in [0.2, 0.25) is 0 Å². The predicted molar refractivity (Wildman–Crippen MR) is 147 cm³/mol. The van der Waals surface area contributed by atoms with Gasteiger partial charge in [0.15, 0.2) is 0 Å². The van der Waals surface area contributed by atoms with Gasteiger partial charge in [0.25, 0.3) is 5.91 Å². The fourth-order valence-electron chi connectivity index (χ4n) is 4.97. The molecule has 36 heavy (non-hydrogen) atoms. The van der Waals surface area contributed by atoms with Crippen molar-refractivity contribution >= 4 is 44.4 Å². The number of aryl methyl sites for hydroxylation is 1. The third-order valence-electron chi connectivity index (χ3n) is 6.91. The summed E-state index contributed by atoms with van der Waals surface area (Å²) in [6.45, 7) is 0.354. The van der Waals surface area contributed by atoms with Crippen LogP contribution >= 0.6 is 27.3 Å². The van der Waals surface area contributed by atoms with E-state index in [0.717, 1.165) is 58.3 Å². The van der Waals surface area contributed by atoms with Crippen LogP contribution in [0.15, 0.2) is 51.9 Å². The van der Waals surface area contributed by atoms with E-state index >= 15 is 0 Å². The molecule has 2 aliphatic carbocycles. The molecule has 2 aliphatic rings. The summed E-state index contributed by atoms with van der Waals surface area (Å²) < 4.78 is 19.8. The van der Waals surface area contributed by atoms with Gasteiger partial charge in [0, 0.05) is 17.1 Å². The molecule has 0 saturated heterocycles. The van der Waals surface area contributed by atoms with E-state index in [1.54, 1.807) is 23.5 Å². The molecule has 5 rings (SSSR count). The predicted octanol–water partition coefficient (Wildman–Crippen LogP) is 7.92. The number of nitrogens with one attached hydrogen (secondary N) is 1. The third-order valence-corrected chi connectivity index (χ3v) is 8.73. The summed E-state index contributed by atoms with van der Waals surface area (Å²) in [6.07, 6.45) is 11.9. The van der Waals surface area contributed by atoms with Crippen molar-refractivity contribution in [3.8, 4) is 5.75 Å². The van der Waals surface area contributed by atoms with Crippen LogP contribution in [0.1, 0.15) is 76.9 Å². The van der Waals surface area contributed by atoms with E-state index in [1.807, 2.05) is 24.4 Å². The van der Waals surface area contributed by atoms with E-state index in [1.165, 1.54) is 48.3 Å². The van der Waals surface area contributed by atoms with Crippen molar-refractivity contribution in [3.05, 3.63) is 79.9 Å². The molecule has 2 aromatic carbocycles. The topological polar surface area (TPSA) is 50.7 Å². The lowest BCUT2D eigenvalue weighted by Crippen LogP contribution is -2.36. The minimum atomic E-state index is -0.259. The van der Waals surface area contributed by atoms with Gasteiger partial charge in [0.1, 0.15) is 23.2 Å². The van der Waals surface area contributed by atoms with Gasteiger partial charge in [-0.05, 0) is 101 Å². The summed E-state index contributed by atoms with van der Waals surface area (Å²) in [4.78, 5) is 19.5. The number of carbonyl (C=O) groups is 1. The minimum absolute atomic E-state index is 0.0409. The maximum atomic E-state index is 13.4. The first-order chi connectivity index (χ1) is 17.6. The van der Waals surface area contributed by atoms with Crippen LogP contribution in [0, 0.1) is 5.82 Å². The average Bonchev–Trinajstić information content (AvgIpc) is 3.27. The Balaban J connectivity index is 1.31. The number of nitrogens with zero attached hydrogens (tertiary/aromatic N) is 1. The number of thiophene rings is 1. The summed E-state index contributed by atoms with van der Waals surface area (Å²) in [5.41, 5.74) is 3.81. The zero-order chi connectivity index (χ0) is 24.9. The first-order valence-corrected chi connectivity index (χ1v) is 14.3. The van der Waals surface area contributed by atoms with Gasteiger partial charge in [-0.3, -0.25) is 4.79 Å². The quantitative estimate of drug-likeness (QED) is 0.294. The Morgan fingerprint density at radius 2 is 1.86 bits per heavy atom. The number of hydrogen-bond acceptors (Lipinski definition) is 4. The summed E-state index contributed by atoms with van der Waals surface area (Å²) in [5.74, 6) is 0.486. The number of rotatable bonds is 7. The molecular weight excluding hydrogens is 539 g/mol. The van der Waals surface area contributed by atoms with Gasteiger partial charge < -0.3 is 10.1 Å². The van der Waals surface area contributed by atoms with Crippen LogP contribution < -0.4 is 10.1 Å². The summed E-state index contributed by atoms with van der Waals surface area (Å²) >= 11 is 5.25. The number of ether oxygens (including phenoxy) is 1. The van der Waals surface area contributed by atoms with Crippen molar-refractivity contribution in [2.24, 2.45) is 4.99 Å². The molecule has 1 N–H and O–H groups in total. The maximum Gasteiger partial charge on any atom is 0.254 e. The summed E-state index contributed by atoms with van der Waals surface area (Å²) in [5, 5.41) is 4.11. The van der Waals surface area contributed by atoms with Crippen LogP contribution in [0.5, 0.6) is 5.75 Å². The highest BCUT2D eigenvalue weighted by molar-refractivity contribution is 9.10. The Morgan fingerprint density at radius 3 is 2.64 bits per heavy atom. The molecule has 0 aliphatic heterocycles. The van der Waals surface area contributed by atoms with Crippen LogP contribution in [-0.4, -0.2) is 18.2 Å². The zero-order valence-electron chi connectivity index (χ0n) is 20.2. The number of carbonyl (C=O) groups excluding carboxylic acids is 1.